The molecule has 104 valence electrons. The van der Waals surface area contributed by atoms with Crippen LogP contribution in [-0.2, 0) is 17.3 Å². The molecular formula is C14H18ClNOS2. The predicted octanol–water partition coefficient (Wildman–Crippen LogP) is 3.80. The van der Waals surface area contributed by atoms with Gasteiger partial charge in [0.2, 0.25) is 0 Å². The van der Waals surface area contributed by atoms with Crippen LogP contribution in [0, 0.1) is 0 Å². The van der Waals surface area contributed by atoms with E-state index in [1.807, 2.05) is 12.1 Å². The fourth-order valence-corrected chi connectivity index (χ4v) is 4.03. The van der Waals surface area contributed by atoms with E-state index < -0.39 is 10.8 Å². The van der Waals surface area contributed by atoms with Gasteiger partial charge < -0.3 is 5.32 Å². The molecule has 2 rings (SSSR count). The van der Waals surface area contributed by atoms with E-state index in [0.29, 0.717) is 6.04 Å². The largest absolute Gasteiger partial charge is 0.309 e. The van der Waals surface area contributed by atoms with Crippen LogP contribution in [-0.4, -0.2) is 22.3 Å². The minimum Gasteiger partial charge on any atom is -0.309 e. The minimum atomic E-state index is -0.714. The number of fused-ring (bicyclic) bond motifs is 1. The number of benzene rings is 1. The lowest BCUT2D eigenvalue weighted by molar-refractivity contribution is 0.538. The van der Waals surface area contributed by atoms with Gasteiger partial charge in [-0.15, -0.1) is 11.3 Å². The number of thiophene rings is 1. The SMILES string of the molecule is CC(CCS(C)=O)NCc1sc2ccccc2c1Cl. The fraction of sp³-hybridized carbons (Fsp3) is 0.429. The first-order valence-electron chi connectivity index (χ1n) is 6.27. The summed E-state index contributed by atoms with van der Waals surface area (Å²) in [5.41, 5.74) is 0. The molecule has 2 aromatic rings. The summed E-state index contributed by atoms with van der Waals surface area (Å²) in [5, 5.41) is 5.44. The third-order valence-corrected chi connectivity index (χ3v) is 5.58. The molecule has 2 atom stereocenters. The maximum Gasteiger partial charge on any atom is 0.0636 e. The monoisotopic (exact) mass is 315 g/mol. The topological polar surface area (TPSA) is 29.1 Å². The van der Waals surface area contributed by atoms with Gasteiger partial charge in [-0.1, -0.05) is 29.8 Å². The lowest BCUT2D eigenvalue weighted by Gasteiger charge is -2.12. The first-order chi connectivity index (χ1) is 9.08. The Balaban J connectivity index is 1.98. The Morgan fingerprint density at radius 2 is 2.16 bits per heavy atom. The summed E-state index contributed by atoms with van der Waals surface area (Å²) in [6, 6.07) is 8.55. The number of hydrogen-bond acceptors (Lipinski definition) is 3. The fourth-order valence-electron chi connectivity index (χ4n) is 1.89. The molecule has 0 saturated carbocycles. The van der Waals surface area contributed by atoms with E-state index >= 15 is 0 Å². The smallest absolute Gasteiger partial charge is 0.0636 e. The molecule has 0 saturated heterocycles. The Bertz CT molecular complexity index is 582. The minimum absolute atomic E-state index is 0.352. The second-order valence-corrected chi connectivity index (χ2v) is 7.75. The molecule has 0 aliphatic rings. The highest BCUT2D eigenvalue weighted by atomic mass is 35.5. The average molecular weight is 316 g/mol. The normalized spacial score (nSPS) is 14.7. The molecule has 0 amide bonds. The van der Waals surface area contributed by atoms with E-state index in [-0.39, 0.29) is 0 Å². The molecule has 0 aliphatic carbocycles. The van der Waals surface area contributed by atoms with Crippen molar-refractivity contribution >= 4 is 43.8 Å². The molecule has 1 heterocycles. The van der Waals surface area contributed by atoms with Crippen LogP contribution < -0.4 is 5.32 Å². The van der Waals surface area contributed by atoms with Crippen LogP contribution in [0.25, 0.3) is 10.1 Å². The van der Waals surface area contributed by atoms with Crippen LogP contribution in [0.15, 0.2) is 24.3 Å². The van der Waals surface area contributed by atoms with Crippen molar-refractivity contribution in [1.29, 1.82) is 0 Å². The Labute approximate surface area is 125 Å². The maximum atomic E-state index is 11.1. The van der Waals surface area contributed by atoms with Crippen molar-refractivity contribution in [3.63, 3.8) is 0 Å². The van der Waals surface area contributed by atoms with Crippen LogP contribution in [0.2, 0.25) is 5.02 Å². The molecule has 0 aliphatic heterocycles. The summed E-state index contributed by atoms with van der Waals surface area (Å²) in [6.07, 6.45) is 2.67. The number of halogens is 1. The lowest BCUT2D eigenvalue weighted by atomic mass is 10.2. The second-order valence-electron chi connectivity index (χ2n) is 4.68. The third-order valence-electron chi connectivity index (χ3n) is 3.05. The van der Waals surface area contributed by atoms with Gasteiger partial charge in [-0.25, -0.2) is 0 Å². The Kier molecular flexibility index (Phi) is 5.39. The highest BCUT2D eigenvalue weighted by Crippen LogP contribution is 2.34. The van der Waals surface area contributed by atoms with Crippen LogP contribution in [0.3, 0.4) is 0 Å². The van der Waals surface area contributed by atoms with Gasteiger partial charge in [0.25, 0.3) is 0 Å². The van der Waals surface area contributed by atoms with Crippen LogP contribution in [0.5, 0.6) is 0 Å². The molecule has 0 fully saturated rings. The van der Waals surface area contributed by atoms with Gasteiger partial charge in [-0.3, -0.25) is 4.21 Å². The molecule has 1 N–H and O–H groups in total. The maximum absolute atomic E-state index is 11.1. The van der Waals surface area contributed by atoms with Gasteiger partial charge >= 0.3 is 0 Å². The number of nitrogens with one attached hydrogen (secondary N) is 1. The van der Waals surface area contributed by atoms with Gasteiger partial charge in [-0.05, 0) is 19.4 Å². The molecule has 0 spiro atoms. The molecule has 2 nitrogen and oxygen atoms in total. The Morgan fingerprint density at radius 3 is 2.84 bits per heavy atom. The highest BCUT2D eigenvalue weighted by Gasteiger charge is 2.10. The quantitative estimate of drug-likeness (QED) is 0.878. The van der Waals surface area contributed by atoms with E-state index in [0.717, 1.165) is 29.1 Å². The Morgan fingerprint density at radius 1 is 1.42 bits per heavy atom. The predicted molar refractivity (Wildman–Crippen MR) is 86.7 cm³/mol. The molecule has 1 aromatic heterocycles. The zero-order valence-electron chi connectivity index (χ0n) is 11.1. The standard InChI is InChI=1S/C14H18ClNOS2/c1-10(7-8-19(2)17)16-9-13-14(15)11-5-3-4-6-12(11)18-13/h3-6,10,16H,7-9H2,1-2H3. The van der Waals surface area contributed by atoms with Gasteiger partial charge in [0, 0.05) is 50.4 Å². The van der Waals surface area contributed by atoms with Crippen LogP contribution >= 0.6 is 22.9 Å². The van der Waals surface area contributed by atoms with Gasteiger partial charge in [0.05, 0.1) is 5.02 Å². The van der Waals surface area contributed by atoms with Crippen LogP contribution in [0.4, 0.5) is 0 Å². The van der Waals surface area contributed by atoms with Crippen molar-refractivity contribution in [3.05, 3.63) is 34.2 Å². The van der Waals surface area contributed by atoms with E-state index in [9.17, 15) is 4.21 Å². The molecule has 1 aromatic carbocycles. The Hall–Kier alpha value is -0.420. The van der Waals surface area contributed by atoms with Crippen molar-refractivity contribution in [3.8, 4) is 0 Å². The van der Waals surface area contributed by atoms with Crippen molar-refractivity contribution in [2.45, 2.75) is 25.9 Å². The van der Waals surface area contributed by atoms with Crippen LogP contribution in [0.1, 0.15) is 18.2 Å². The van der Waals surface area contributed by atoms with Gasteiger partial charge in [0.1, 0.15) is 0 Å². The summed E-state index contributed by atoms with van der Waals surface area (Å²) in [6.45, 7) is 2.89. The first-order valence-corrected chi connectivity index (χ1v) is 9.19. The van der Waals surface area contributed by atoms with Gasteiger partial charge in [-0.2, -0.15) is 0 Å². The van der Waals surface area contributed by atoms with Crippen molar-refractivity contribution < 1.29 is 4.21 Å². The highest BCUT2D eigenvalue weighted by molar-refractivity contribution is 7.84. The molecule has 19 heavy (non-hydrogen) atoms. The third kappa shape index (κ3) is 4.02. The number of hydrogen-bond donors (Lipinski definition) is 1. The summed E-state index contributed by atoms with van der Waals surface area (Å²) in [7, 11) is -0.714. The second kappa shape index (κ2) is 6.84. The van der Waals surface area contributed by atoms with Crippen molar-refractivity contribution in [1.82, 2.24) is 5.32 Å². The molecule has 0 bridgehead atoms. The summed E-state index contributed by atoms with van der Waals surface area (Å²) in [5.74, 6) is 0.744. The van der Waals surface area contributed by atoms with E-state index in [2.05, 4.69) is 24.4 Å². The number of rotatable bonds is 6. The summed E-state index contributed by atoms with van der Waals surface area (Å²) < 4.78 is 12.3. The van der Waals surface area contributed by atoms with Crippen molar-refractivity contribution in [2.75, 3.05) is 12.0 Å². The lowest BCUT2D eigenvalue weighted by Crippen LogP contribution is -2.26. The molecule has 2 unspecified atom stereocenters. The molecule has 0 radical (unpaired) electrons. The zero-order chi connectivity index (χ0) is 13.8. The van der Waals surface area contributed by atoms with Crippen molar-refractivity contribution in [2.24, 2.45) is 0 Å². The molecule has 5 heteroatoms. The molecular weight excluding hydrogens is 298 g/mol. The summed E-state index contributed by atoms with van der Waals surface area (Å²) in [4.78, 5) is 1.17. The van der Waals surface area contributed by atoms with E-state index in [1.54, 1.807) is 17.6 Å². The zero-order valence-corrected chi connectivity index (χ0v) is 13.5. The first kappa shape index (κ1) is 15.0. The van der Waals surface area contributed by atoms with E-state index in [1.165, 1.54) is 9.58 Å². The summed E-state index contributed by atoms with van der Waals surface area (Å²) >= 11 is 8.13. The average Bonchev–Trinajstić information content (AvgIpc) is 2.71. The van der Waals surface area contributed by atoms with E-state index in [4.69, 9.17) is 11.6 Å². The van der Waals surface area contributed by atoms with Gasteiger partial charge in [0.15, 0.2) is 0 Å².